The Morgan fingerprint density at radius 3 is 1.72 bits per heavy atom. The normalized spacial score (nSPS) is 10.8. The predicted octanol–water partition coefficient (Wildman–Crippen LogP) is 8.78. The second-order valence-corrected chi connectivity index (χ2v) is 16.6. The first kappa shape index (κ1) is 37.6. The molecule has 2 N–H and O–H groups in total. The average molecular weight is 647 g/mol. The Hall–Kier alpha value is -4.60. The summed E-state index contributed by atoms with van der Waals surface area (Å²) in [5.41, 5.74) is 2.99. The Bertz CT molecular complexity index is 1530. The van der Waals surface area contributed by atoms with Gasteiger partial charge >= 0.3 is 11.9 Å². The highest BCUT2D eigenvalue weighted by Crippen LogP contribution is 2.37. The van der Waals surface area contributed by atoms with Gasteiger partial charge in [0.25, 0.3) is 0 Å². The van der Waals surface area contributed by atoms with E-state index in [-0.39, 0.29) is 10.8 Å². The molecule has 0 fully saturated rings. The Morgan fingerprint density at radius 2 is 1.24 bits per heavy atom. The Labute approximate surface area is 273 Å². The number of hydrogen-bond acceptors (Lipinski definition) is 7. The van der Waals surface area contributed by atoms with E-state index in [0.29, 0.717) is 35.0 Å². The molecule has 0 radical (unpaired) electrons. The molecular weight excluding hydrogens is 600 g/mol. The molecule has 8 nitrogen and oxygen atoms in total. The van der Waals surface area contributed by atoms with Crippen LogP contribution < -0.4 is 14.2 Å². The summed E-state index contributed by atoms with van der Waals surface area (Å²) in [5.74, 6) is 0.377. The Balaban J connectivity index is 0.000000299. The van der Waals surface area contributed by atoms with Crippen LogP contribution >= 0.6 is 0 Å². The molecule has 0 spiro atoms. The van der Waals surface area contributed by atoms with Crippen molar-refractivity contribution in [1.82, 2.24) is 0 Å². The number of ether oxygens (including phenoxy) is 3. The van der Waals surface area contributed by atoms with Gasteiger partial charge in [-0.05, 0) is 84.2 Å². The van der Waals surface area contributed by atoms with Crippen molar-refractivity contribution in [2.75, 3.05) is 14.2 Å². The minimum atomic E-state index is -1.83. The molecule has 0 aliphatic rings. The first-order valence-corrected chi connectivity index (χ1v) is 17.9. The van der Waals surface area contributed by atoms with E-state index in [1.54, 1.807) is 80.9 Å². The molecule has 0 aromatic heterocycles. The van der Waals surface area contributed by atoms with Gasteiger partial charge in [-0.2, -0.15) is 0 Å². The van der Waals surface area contributed by atoms with E-state index in [1.807, 2.05) is 30.3 Å². The van der Waals surface area contributed by atoms with E-state index in [1.165, 1.54) is 5.56 Å². The molecule has 4 aromatic rings. The number of aromatic hydroxyl groups is 1. The lowest BCUT2D eigenvalue weighted by Crippen LogP contribution is -2.40. The molecule has 0 heterocycles. The van der Waals surface area contributed by atoms with Crippen LogP contribution in [0.5, 0.6) is 23.0 Å². The van der Waals surface area contributed by atoms with Crippen molar-refractivity contribution in [3.63, 3.8) is 0 Å². The molecule has 4 aromatic carbocycles. The molecule has 0 saturated carbocycles. The molecule has 0 aliphatic heterocycles. The number of benzene rings is 4. The number of aromatic carboxylic acids is 1. The van der Waals surface area contributed by atoms with Gasteiger partial charge < -0.3 is 28.8 Å². The van der Waals surface area contributed by atoms with Gasteiger partial charge in [0.2, 0.25) is 0 Å². The fourth-order valence-electron chi connectivity index (χ4n) is 3.62. The molecule has 0 amide bonds. The zero-order valence-corrected chi connectivity index (χ0v) is 29.0. The molecule has 0 aliphatic carbocycles. The predicted molar refractivity (Wildman–Crippen MR) is 184 cm³/mol. The van der Waals surface area contributed by atoms with E-state index in [9.17, 15) is 14.7 Å². The van der Waals surface area contributed by atoms with Gasteiger partial charge in [-0.25, -0.2) is 9.59 Å². The first-order valence-electron chi connectivity index (χ1n) is 14.9. The number of esters is 1. The summed E-state index contributed by atoms with van der Waals surface area (Å²) in [5, 5.41) is 17.7. The maximum Gasteiger partial charge on any atom is 0.343 e. The van der Waals surface area contributed by atoms with Crippen LogP contribution in [0.3, 0.4) is 0 Å². The minimum absolute atomic E-state index is 0.155. The van der Waals surface area contributed by atoms with Gasteiger partial charge in [0.15, 0.2) is 31.3 Å². The van der Waals surface area contributed by atoms with Crippen molar-refractivity contribution in [3.05, 3.63) is 119 Å². The van der Waals surface area contributed by atoms with Crippen LogP contribution in [0.4, 0.5) is 0 Å². The number of methoxy groups -OCH3 is 2. The van der Waals surface area contributed by atoms with Crippen LogP contribution in [0.25, 0.3) is 0 Å². The number of hydrogen-bond donors (Lipinski definition) is 2. The molecule has 4 rings (SSSR count). The number of carbonyl (C=O) groups is 2. The van der Waals surface area contributed by atoms with Crippen molar-refractivity contribution < 1.29 is 38.4 Å². The van der Waals surface area contributed by atoms with E-state index in [2.05, 4.69) is 40.8 Å². The molecule has 0 bridgehead atoms. The lowest BCUT2D eigenvalue weighted by molar-refractivity contribution is 0.0694. The van der Waals surface area contributed by atoms with Crippen LogP contribution in [0.1, 0.15) is 59.5 Å². The molecule has 0 atom stereocenters. The third-order valence-corrected chi connectivity index (χ3v) is 12.0. The summed E-state index contributed by atoms with van der Waals surface area (Å²) in [4.78, 5) is 22.4. The van der Waals surface area contributed by atoms with Gasteiger partial charge in [-0.1, -0.05) is 76.2 Å². The van der Waals surface area contributed by atoms with Gasteiger partial charge in [0.05, 0.1) is 32.0 Å². The maximum atomic E-state index is 12.2. The van der Waals surface area contributed by atoms with Crippen LogP contribution in [0.15, 0.2) is 97.1 Å². The lowest BCUT2D eigenvalue weighted by atomic mass is 10.1. The third-order valence-electron chi connectivity index (χ3n) is 7.52. The highest BCUT2D eigenvalue weighted by atomic mass is 28.4. The molecule has 0 saturated heterocycles. The van der Waals surface area contributed by atoms with Crippen LogP contribution in [-0.2, 0) is 17.5 Å². The fourth-order valence-corrected chi connectivity index (χ4v) is 4.58. The maximum absolute atomic E-state index is 12.2. The number of carbonyl (C=O) groups excluding carboxylic acids is 1. The second kappa shape index (κ2) is 17.8. The Morgan fingerprint density at radius 1 is 0.717 bits per heavy atom. The first-order chi connectivity index (χ1) is 21.7. The van der Waals surface area contributed by atoms with Crippen LogP contribution in [0, 0.1) is 0 Å². The third kappa shape index (κ3) is 11.7. The zero-order valence-electron chi connectivity index (χ0n) is 28.0. The smallest absolute Gasteiger partial charge is 0.343 e. The van der Waals surface area contributed by atoms with Crippen molar-refractivity contribution in [2.45, 2.75) is 58.9 Å². The topological polar surface area (TPSA) is 112 Å². The van der Waals surface area contributed by atoms with Gasteiger partial charge in [-0.15, -0.1) is 0 Å². The molecular formula is C37H46O8Si. The quantitative estimate of drug-likeness (QED) is 0.105. The summed E-state index contributed by atoms with van der Waals surface area (Å²) in [6, 6.07) is 28.1. The highest BCUT2D eigenvalue weighted by Gasteiger charge is 2.37. The van der Waals surface area contributed by atoms with E-state index >= 15 is 0 Å². The Kier molecular flexibility index (Phi) is 14.5. The van der Waals surface area contributed by atoms with Crippen LogP contribution in [-0.4, -0.2) is 44.7 Å². The molecule has 246 valence electrons. The van der Waals surface area contributed by atoms with Crippen molar-refractivity contribution in [2.24, 2.45) is 0 Å². The van der Waals surface area contributed by atoms with Crippen molar-refractivity contribution in [1.29, 1.82) is 0 Å². The minimum Gasteiger partial charge on any atom is -0.504 e. The summed E-state index contributed by atoms with van der Waals surface area (Å²) >= 11 is 0. The van der Waals surface area contributed by atoms with E-state index in [4.69, 9.17) is 23.7 Å². The number of carboxylic acids is 1. The monoisotopic (exact) mass is 646 g/mol. The van der Waals surface area contributed by atoms with E-state index < -0.39 is 20.3 Å². The zero-order chi connectivity index (χ0) is 34.3. The largest absolute Gasteiger partial charge is 0.504 e. The summed E-state index contributed by atoms with van der Waals surface area (Å²) in [7, 11) is 1.29. The fraction of sp³-hybridized carbons (Fsp3) is 0.297. The van der Waals surface area contributed by atoms with Crippen molar-refractivity contribution in [3.8, 4) is 23.0 Å². The van der Waals surface area contributed by atoms with E-state index in [0.717, 1.165) is 12.0 Å². The number of phenolic OH excluding ortho intramolecular Hbond substituents is 1. The summed E-state index contributed by atoms with van der Waals surface area (Å²) in [6.45, 7) is 13.7. The highest BCUT2D eigenvalue weighted by molar-refractivity contribution is 6.74. The molecule has 46 heavy (non-hydrogen) atoms. The lowest BCUT2D eigenvalue weighted by Gasteiger charge is -2.36. The number of rotatable bonds is 9. The standard InChI is InChI=1S/C21H28O4Si.C9H12O2.C7H6O2/c1-21(2,3)26(5,6)24-15-16-12-13-18(19(14-16)23-4)25-20(22)17-10-8-7-9-11-17;1-3-7-4-5-8(10)9(6-7)11-2;8-7(9)6-4-2-1-3-5-6/h7-14H,15H2,1-6H3;4-6,10H,3H2,1-2H3;1-5H,(H,8,9). The number of aryl methyl sites for hydroxylation is 1. The molecule has 0 unspecified atom stereocenters. The van der Waals surface area contributed by atoms with Gasteiger partial charge in [-0.3, -0.25) is 0 Å². The number of phenols is 1. The van der Waals surface area contributed by atoms with Gasteiger partial charge in [0.1, 0.15) is 0 Å². The summed E-state index contributed by atoms with van der Waals surface area (Å²) in [6.07, 6.45) is 0.955. The van der Waals surface area contributed by atoms with Gasteiger partial charge in [0, 0.05) is 0 Å². The molecule has 9 heteroatoms. The SMILES string of the molecule is CCc1ccc(O)c(OC)c1.COc1cc(CO[Si](C)(C)C(C)(C)C)ccc1OC(=O)c1ccccc1.O=C(O)c1ccccc1. The summed E-state index contributed by atoms with van der Waals surface area (Å²) < 4.78 is 22.1. The average Bonchev–Trinajstić information content (AvgIpc) is 3.05. The van der Waals surface area contributed by atoms with Crippen molar-refractivity contribution >= 4 is 20.3 Å². The second-order valence-electron chi connectivity index (χ2n) is 11.8. The van der Waals surface area contributed by atoms with Crippen LogP contribution in [0.2, 0.25) is 18.1 Å². The number of carboxylic acid groups (broad SMARTS) is 1.